The number of rotatable bonds is 4. The van der Waals surface area contributed by atoms with Crippen molar-refractivity contribution in [1.29, 1.82) is 0 Å². The third kappa shape index (κ3) is 10.9. The molecule has 67 valence electrons. The third-order valence-electron chi connectivity index (χ3n) is 1.26. The first-order chi connectivity index (χ1) is 4.20. The molecule has 11 heavy (non-hydrogen) atoms. The minimum absolute atomic E-state index is 0. The monoisotopic (exact) mass is 239 g/mol. The summed E-state index contributed by atoms with van der Waals surface area (Å²) in [5.41, 5.74) is 0. The van der Waals surface area contributed by atoms with Crippen LogP contribution in [-0.2, 0) is 32.7 Å². The van der Waals surface area contributed by atoms with Crippen molar-refractivity contribution < 1.29 is 43.3 Å². The average molecular weight is 239 g/mol. The predicted molar refractivity (Wildman–Crippen MR) is 41.6 cm³/mol. The second-order valence-electron chi connectivity index (χ2n) is 2.31. The summed E-state index contributed by atoms with van der Waals surface area (Å²) in [5, 5.41) is 8.58. The Kier molecular flexibility index (Phi) is 17.8. The van der Waals surface area contributed by atoms with Crippen LogP contribution in [0.4, 0.5) is 0 Å². The normalized spacial score (nSPS) is 9.27. The van der Waals surface area contributed by atoms with Gasteiger partial charge in [-0.25, -0.2) is 0 Å². The Morgan fingerprint density at radius 3 is 1.91 bits per heavy atom. The van der Waals surface area contributed by atoms with Crippen molar-refractivity contribution in [2.24, 2.45) is 0 Å². The van der Waals surface area contributed by atoms with Crippen molar-refractivity contribution in [2.45, 2.75) is 6.92 Å². The van der Waals surface area contributed by atoms with E-state index < -0.39 is 0 Å². The molecule has 4 nitrogen and oxygen atoms in total. The van der Waals surface area contributed by atoms with Crippen LogP contribution in [-0.4, -0.2) is 54.4 Å². The van der Waals surface area contributed by atoms with E-state index in [1.54, 1.807) is 0 Å². The number of hydrogen-bond donors (Lipinski definition) is 1. The van der Waals surface area contributed by atoms with Crippen LogP contribution in [0.25, 0.3) is 0 Å². The Morgan fingerprint density at radius 2 is 1.64 bits per heavy atom. The van der Waals surface area contributed by atoms with Crippen molar-refractivity contribution in [3.63, 3.8) is 0 Å². The summed E-state index contributed by atoms with van der Waals surface area (Å²) in [6.07, 6.45) is 0. The summed E-state index contributed by atoms with van der Waals surface area (Å²) >= 11 is 0. The molecule has 5 heteroatoms. The molecule has 0 spiro atoms. The van der Waals surface area contributed by atoms with Crippen LogP contribution in [0.1, 0.15) is 6.92 Å². The van der Waals surface area contributed by atoms with Gasteiger partial charge in [-0.3, -0.25) is 9.80 Å². The van der Waals surface area contributed by atoms with E-state index in [9.17, 15) is 0 Å². The topological polar surface area (TPSA) is 58.2 Å². The minimum atomic E-state index is 0. The number of nitrogens with zero attached hydrogens (tertiary/aromatic N) is 2. The van der Waals surface area contributed by atoms with E-state index in [0.717, 1.165) is 13.2 Å². The van der Waals surface area contributed by atoms with Crippen molar-refractivity contribution >= 4 is 0 Å². The molecule has 0 aromatic carbocycles. The first-order valence-corrected chi connectivity index (χ1v) is 3.18. The van der Waals surface area contributed by atoms with E-state index in [4.69, 9.17) is 5.11 Å². The molecule has 0 unspecified atom stereocenters. The first-order valence-electron chi connectivity index (χ1n) is 3.18. The molecule has 0 aromatic rings. The van der Waals surface area contributed by atoms with Crippen molar-refractivity contribution in [2.75, 3.05) is 34.0 Å². The zero-order valence-electron chi connectivity index (χ0n) is 7.54. The van der Waals surface area contributed by atoms with Gasteiger partial charge in [0.1, 0.15) is 0 Å². The van der Waals surface area contributed by atoms with E-state index in [0.29, 0.717) is 0 Å². The maximum Gasteiger partial charge on any atom is 0.0964 e. The van der Waals surface area contributed by atoms with Crippen molar-refractivity contribution in [3.8, 4) is 0 Å². The largest absolute Gasteiger partial charge is 0.412 e. The SMILES string of the molecule is CCN(C)CN(C)CO.O.[Y]. The summed E-state index contributed by atoms with van der Waals surface area (Å²) in [7, 11) is 3.90. The van der Waals surface area contributed by atoms with Crippen LogP contribution in [0, 0.1) is 0 Å². The third-order valence-corrected chi connectivity index (χ3v) is 1.26. The van der Waals surface area contributed by atoms with Gasteiger partial charge in [-0.05, 0) is 20.6 Å². The molecule has 0 bridgehead atoms. The van der Waals surface area contributed by atoms with E-state index in [-0.39, 0.29) is 44.9 Å². The van der Waals surface area contributed by atoms with Gasteiger partial charge in [0.15, 0.2) is 0 Å². The maximum atomic E-state index is 8.58. The molecule has 3 N–H and O–H groups in total. The Labute approximate surface area is 93.7 Å². The minimum Gasteiger partial charge on any atom is -0.412 e. The molecule has 0 saturated carbocycles. The average Bonchev–Trinajstić information content (AvgIpc) is 1.87. The fraction of sp³-hybridized carbons (Fsp3) is 1.00. The number of hydrogen-bond acceptors (Lipinski definition) is 3. The van der Waals surface area contributed by atoms with Crippen LogP contribution in [0.3, 0.4) is 0 Å². The molecule has 0 aliphatic carbocycles. The molecule has 0 saturated heterocycles. The second-order valence-corrected chi connectivity index (χ2v) is 2.31. The molecule has 0 heterocycles. The number of aliphatic hydroxyl groups is 1. The summed E-state index contributed by atoms with van der Waals surface area (Å²) in [6.45, 7) is 4.06. The molecule has 0 fully saturated rings. The molecule has 0 aliphatic rings. The van der Waals surface area contributed by atoms with Crippen LogP contribution in [0.15, 0.2) is 0 Å². The van der Waals surface area contributed by atoms with Crippen LogP contribution in [0.2, 0.25) is 0 Å². The molecule has 0 atom stereocenters. The Bertz CT molecular complexity index is 67.6. The Hall–Kier alpha value is 0.944. The fourth-order valence-corrected chi connectivity index (χ4v) is 0.557. The van der Waals surface area contributed by atoms with Gasteiger partial charge in [0, 0.05) is 32.7 Å². The summed E-state index contributed by atoms with van der Waals surface area (Å²) in [5.74, 6) is 0. The van der Waals surface area contributed by atoms with Gasteiger partial charge >= 0.3 is 0 Å². The summed E-state index contributed by atoms with van der Waals surface area (Å²) < 4.78 is 0. The quantitative estimate of drug-likeness (QED) is 0.637. The molecule has 0 aromatic heterocycles. The van der Waals surface area contributed by atoms with Gasteiger partial charge in [0.2, 0.25) is 0 Å². The fourth-order valence-electron chi connectivity index (χ4n) is 0.557. The van der Waals surface area contributed by atoms with Crippen molar-refractivity contribution in [3.05, 3.63) is 0 Å². The van der Waals surface area contributed by atoms with Crippen molar-refractivity contribution in [1.82, 2.24) is 9.80 Å². The van der Waals surface area contributed by atoms with Crippen LogP contribution < -0.4 is 0 Å². The smallest absolute Gasteiger partial charge is 0.0964 e. The molecule has 0 amide bonds. The molecular weight excluding hydrogens is 221 g/mol. The number of aliphatic hydroxyl groups excluding tert-OH is 1. The summed E-state index contributed by atoms with van der Waals surface area (Å²) in [4.78, 5) is 3.96. The van der Waals surface area contributed by atoms with E-state index in [2.05, 4.69) is 11.8 Å². The van der Waals surface area contributed by atoms with Gasteiger partial charge in [0.05, 0.1) is 13.4 Å². The maximum absolute atomic E-state index is 8.58. The van der Waals surface area contributed by atoms with E-state index >= 15 is 0 Å². The van der Waals surface area contributed by atoms with Crippen LogP contribution in [0.5, 0.6) is 0 Å². The molecule has 1 radical (unpaired) electrons. The van der Waals surface area contributed by atoms with Crippen LogP contribution >= 0.6 is 0 Å². The summed E-state index contributed by atoms with van der Waals surface area (Å²) in [6, 6.07) is 0. The van der Waals surface area contributed by atoms with Gasteiger partial charge in [-0.2, -0.15) is 0 Å². The van der Waals surface area contributed by atoms with E-state index in [1.807, 2.05) is 19.0 Å². The molecule has 0 aliphatic heterocycles. The molecule has 0 rings (SSSR count). The predicted octanol–water partition coefficient (Wildman–Crippen LogP) is -1.05. The standard InChI is InChI=1S/C6H16N2O.H2O.Y/c1-4-7(2)5-8(3)6-9;;/h9H,4-6H2,1-3H3;1H2;. The van der Waals surface area contributed by atoms with Gasteiger partial charge in [-0.15, -0.1) is 0 Å². The van der Waals surface area contributed by atoms with E-state index in [1.165, 1.54) is 0 Å². The second kappa shape index (κ2) is 10.9. The van der Waals surface area contributed by atoms with Gasteiger partial charge in [-0.1, -0.05) is 6.92 Å². The Balaban J connectivity index is -0.000000320. The molecular formula is C6H18N2O2Y. The zero-order valence-corrected chi connectivity index (χ0v) is 10.4. The van der Waals surface area contributed by atoms with Gasteiger partial charge in [0.25, 0.3) is 0 Å². The zero-order chi connectivity index (χ0) is 7.28. The Morgan fingerprint density at radius 1 is 1.18 bits per heavy atom. The first kappa shape index (κ1) is 17.9. The van der Waals surface area contributed by atoms with Gasteiger partial charge < -0.3 is 10.6 Å².